The molecule has 8 nitrogen and oxygen atoms in total. The van der Waals surface area contributed by atoms with Crippen LogP contribution in [0.2, 0.25) is 0 Å². The zero-order valence-corrected chi connectivity index (χ0v) is 16.6. The van der Waals surface area contributed by atoms with Gasteiger partial charge in [-0.3, -0.25) is 4.21 Å². The maximum atomic E-state index is 10.7. The first kappa shape index (κ1) is 19.8. The summed E-state index contributed by atoms with van der Waals surface area (Å²) in [6, 6.07) is 3.79. The number of rotatable bonds is 7. The van der Waals surface area contributed by atoms with Gasteiger partial charge in [0.05, 0.1) is 19.7 Å². The van der Waals surface area contributed by atoms with E-state index in [-0.39, 0.29) is 0 Å². The molecule has 1 fully saturated rings. The zero-order valence-electron chi connectivity index (χ0n) is 15.8. The molecular weight excluding hydrogens is 368 g/mol. The van der Waals surface area contributed by atoms with E-state index in [1.165, 1.54) is 0 Å². The van der Waals surface area contributed by atoms with Crippen molar-refractivity contribution in [2.75, 3.05) is 38.8 Å². The molecule has 2 unspecified atom stereocenters. The van der Waals surface area contributed by atoms with Crippen LogP contribution < -0.4 is 19.1 Å². The van der Waals surface area contributed by atoms with Crippen molar-refractivity contribution in [3.63, 3.8) is 0 Å². The SMILES string of the molecule is COc1cc2ncnc(N3CCC(C(C)CNS(=O)[O-])CC3)c2cc1OC. The fraction of sp³-hybridized carbons (Fsp3) is 0.556. The number of piperidine rings is 1. The van der Waals surface area contributed by atoms with Gasteiger partial charge in [-0.25, -0.2) is 14.7 Å². The number of fused-ring (bicyclic) bond motifs is 1. The summed E-state index contributed by atoms with van der Waals surface area (Å²) in [5.41, 5.74) is 0.815. The summed E-state index contributed by atoms with van der Waals surface area (Å²) in [7, 11) is 3.22. The van der Waals surface area contributed by atoms with Gasteiger partial charge in [0.15, 0.2) is 11.5 Å². The van der Waals surface area contributed by atoms with Crippen molar-refractivity contribution in [1.82, 2.24) is 14.7 Å². The van der Waals surface area contributed by atoms with Gasteiger partial charge in [0.2, 0.25) is 0 Å². The standard InChI is InChI=1S/C18H26N4O4S/c1-12(10-21-27(23)24)13-4-6-22(7-5-13)18-14-8-16(25-2)17(26-3)9-15(14)19-11-20-18/h8-9,11-13,21H,4-7,10H2,1-3H3,(H,23,24)/p-1. The topological polar surface area (TPSA) is 99.6 Å². The predicted molar refractivity (Wildman–Crippen MR) is 104 cm³/mol. The molecule has 1 aromatic carbocycles. The highest BCUT2D eigenvalue weighted by molar-refractivity contribution is 7.77. The van der Waals surface area contributed by atoms with E-state index in [4.69, 9.17) is 9.47 Å². The highest BCUT2D eigenvalue weighted by Gasteiger charge is 2.25. The number of nitrogens with one attached hydrogen (secondary N) is 1. The van der Waals surface area contributed by atoms with Gasteiger partial charge in [-0.1, -0.05) is 6.92 Å². The van der Waals surface area contributed by atoms with E-state index in [1.807, 2.05) is 12.1 Å². The van der Waals surface area contributed by atoms with Crippen LogP contribution in [0.4, 0.5) is 5.82 Å². The Morgan fingerprint density at radius 2 is 1.93 bits per heavy atom. The Kier molecular flexibility index (Phi) is 6.46. The van der Waals surface area contributed by atoms with Gasteiger partial charge < -0.3 is 18.9 Å². The molecule has 0 aliphatic carbocycles. The Balaban J connectivity index is 1.76. The molecule has 9 heteroatoms. The summed E-state index contributed by atoms with van der Waals surface area (Å²) >= 11 is -2.20. The van der Waals surface area contributed by atoms with Gasteiger partial charge in [0.1, 0.15) is 12.1 Å². The van der Waals surface area contributed by atoms with Gasteiger partial charge in [-0.2, -0.15) is 0 Å². The van der Waals surface area contributed by atoms with E-state index >= 15 is 0 Å². The fourth-order valence-electron chi connectivity index (χ4n) is 3.67. The molecule has 1 N–H and O–H groups in total. The largest absolute Gasteiger partial charge is 0.760 e. The van der Waals surface area contributed by atoms with Crippen LogP contribution in [0.15, 0.2) is 18.5 Å². The lowest BCUT2D eigenvalue weighted by molar-refractivity contribution is 0.292. The molecule has 0 spiro atoms. The summed E-state index contributed by atoms with van der Waals surface area (Å²) in [6.45, 7) is 4.32. The third-order valence-corrected chi connectivity index (χ3v) is 5.69. The van der Waals surface area contributed by atoms with E-state index in [1.54, 1.807) is 20.5 Å². The normalized spacial score (nSPS) is 17.7. The van der Waals surface area contributed by atoms with Crippen LogP contribution in [0.3, 0.4) is 0 Å². The molecule has 0 bridgehead atoms. The molecule has 1 aliphatic rings. The molecule has 2 heterocycles. The van der Waals surface area contributed by atoms with Crippen molar-refractivity contribution >= 4 is 28.0 Å². The van der Waals surface area contributed by atoms with Gasteiger partial charge in [-0.15, -0.1) is 0 Å². The second-order valence-corrected chi connectivity index (χ2v) is 7.56. The number of nitrogens with zero attached hydrogens (tertiary/aromatic N) is 3. The minimum atomic E-state index is -2.20. The molecule has 3 rings (SSSR count). The van der Waals surface area contributed by atoms with Crippen LogP contribution in [0.25, 0.3) is 10.9 Å². The summed E-state index contributed by atoms with van der Waals surface area (Å²) in [5, 5.41) is 0.935. The molecule has 1 saturated heterocycles. The second-order valence-electron chi connectivity index (χ2n) is 6.81. The maximum absolute atomic E-state index is 10.7. The van der Waals surface area contributed by atoms with Crippen molar-refractivity contribution in [2.45, 2.75) is 19.8 Å². The number of anilines is 1. The summed E-state index contributed by atoms with van der Waals surface area (Å²) in [6.07, 6.45) is 3.56. The van der Waals surface area contributed by atoms with Crippen molar-refractivity contribution in [3.05, 3.63) is 18.5 Å². The minimum absolute atomic E-state index is 0.302. The van der Waals surface area contributed by atoms with Crippen LogP contribution in [0.1, 0.15) is 19.8 Å². The van der Waals surface area contributed by atoms with Gasteiger partial charge in [0, 0.05) is 42.4 Å². The Labute approximate surface area is 161 Å². The quantitative estimate of drug-likeness (QED) is 0.717. The van der Waals surface area contributed by atoms with E-state index in [0.717, 1.165) is 42.7 Å². The molecule has 0 amide bonds. The van der Waals surface area contributed by atoms with Crippen molar-refractivity contribution < 1.29 is 18.2 Å². The molecule has 2 aromatic rings. The van der Waals surface area contributed by atoms with Crippen LogP contribution >= 0.6 is 0 Å². The molecule has 0 saturated carbocycles. The number of hydrogen-bond donors (Lipinski definition) is 1. The summed E-state index contributed by atoms with van der Waals surface area (Å²) in [5.74, 6) is 2.98. The lowest BCUT2D eigenvalue weighted by atomic mass is 9.85. The molecular formula is C18H25N4O4S-. The number of methoxy groups -OCH3 is 2. The zero-order chi connectivity index (χ0) is 19.4. The second kappa shape index (κ2) is 8.81. The molecule has 1 aliphatic heterocycles. The Morgan fingerprint density at radius 3 is 2.56 bits per heavy atom. The molecule has 27 heavy (non-hydrogen) atoms. The molecule has 1 aromatic heterocycles. The summed E-state index contributed by atoms with van der Waals surface area (Å²) in [4.78, 5) is 11.1. The van der Waals surface area contributed by atoms with Crippen molar-refractivity contribution in [3.8, 4) is 11.5 Å². The van der Waals surface area contributed by atoms with Crippen LogP contribution in [0, 0.1) is 11.8 Å². The smallest absolute Gasteiger partial charge is 0.162 e. The average Bonchev–Trinajstić information content (AvgIpc) is 2.70. The first-order valence-corrected chi connectivity index (χ1v) is 10.1. The van der Waals surface area contributed by atoms with Gasteiger partial charge in [-0.05, 0) is 30.7 Å². The third kappa shape index (κ3) is 4.48. The number of aromatic nitrogens is 2. The predicted octanol–water partition coefficient (Wildman–Crippen LogP) is 1.88. The third-order valence-electron chi connectivity index (χ3n) is 5.29. The Bertz CT molecular complexity index is 811. The van der Waals surface area contributed by atoms with Crippen LogP contribution in [-0.2, 0) is 11.3 Å². The minimum Gasteiger partial charge on any atom is -0.760 e. The maximum Gasteiger partial charge on any atom is 0.162 e. The first-order valence-electron chi connectivity index (χ1n) is 8.98. The van der Waals surface area contributed by atoms with Crippen molar-refractivity contribution in [2.24, 2.45) is 11.8 Å². The fourth-order valence-corrected chi connectivity index (χ4v) is 4.07. The monoisotopic (exact) mass is 393 g/mol. The van der Waals surface area contributed by atoms with Crippen LogP contribution in [0.5, 0.6) is 11.5 Å². The van der Waals surface area contributed by atoms with E-state index in [9.17, 15) is 8.76 Å². The Morgan fingerprint density at radius 1 is 1.26 bits per heavy atom. The number of benzene rings is 1. The lowest BCUT2D eigenvalue weighted by Crippen LogP contribution is -2.38. The number of hydrogen-bond acceptors (Lipinski definition) is 7. The summed E-state index contributed by atoms with van der Waals surface area (Å²) < 4.78 is 34.7. The Hall–Kier alpha value is -1.97. The average molecular weight is 393 g/mol. The van der Waals surface area contributed by atoms with E-state index in [0.29, 0.717) is 29.9 Å². The lowest BCUT2D eigenvalue weighted by Gasteiger charge is -2.36. The molecule has 2 atom stereocenters. The molecule has 148 valence electrons. The van der Waals surface area contributed by atoms with E-state index in [2.05, 4.69) is 26.5 Å². The first-order chi connectivity index (χ1) is 13.0. The van der Waals surface area contributed by atoms with Crippen LogP contribution in [-0.4, -0.2) is 52.6 Å². The number of ether oxygens (including phenoxy) is 2. The van der Waals surface area contributed by atoms with Crippen molar-refractivity contribution in [1.29, 1.82) is 0 Å². The van der Waals surface area contributed by atoms with Gasteiger partial charge >= 0.3 is 0 Å². The highest BCUT2D eigenvalue weighted by atomic mass is 32.2. The van der Waals surface area contributed by atoms with E-state index < -0.39 is 11.3 Å². The molecule has 0 radical (unpaired) electrons. The highest BCUT2D eigenvalue weighted by Crippen LogP contribution is 2.36. The van der Waals surface area contributed by atoms with Gasteiger partial charge in [0.25, 0.3) is 0 Å².